The number of pyridine rings is 3. The van der Waals surface area contributed by atoms with Crippen LogP contribution in [0.2, 0.25) is 0 Å². The molecule has 13 heteroatoms. The van der Waals surface area contributed by atoms with Crippen LogP contribution in [0.5, 0.6) is 0 Å². The van der Waals surface area contributed by atoms with Gasteiger partial charge in [0.05, 0.1) is 39.0 Å². The van der Waals surface area contributed by atoms with Crippen LogP contribution >= 0.6 is 68.0 Å². The molecule has 0 unspecified atom stereocenters. The van der Waals surface area contributed by atoms with Crippen molar-refractivity contribution in [3.8, 4) is 133 Å². The van der Waals surface area contributed by atoms with Gasteiger partial charge in [0, 0.05) is 134 Å². The van der Waals surface area contributed by atoms with Crippen LogP contribution in [0, 0.1) is 0 Å². The minimum absolute atomic E-state index is 0.703. The normalized spacial score (nSPS) is 11.5. The molecule has 0 amide bonds. The lowest BCUT2D eigenvalue weighted by Crippen LogP contribution is -1.95. The quantitative estimate of drug-likeness (QED) is 0.120. The first-order valence-electron chi connectivity index (χ1n) is 39.5. The van der Waals surface area contributed by atoms with E-state index >= 15 is 0 Å². The summed E-state index contributed by atoms with van der Waals surface area (Å²) in [6.45, 7) is 0. The van der Waals surface area contributed by atoms with Crippen molar-refractivity contribution < 1.29 is 0 Å². The summed E-state index contributed by atoms with van der Waals surface area (Å²) >= 11 is 11.0. The Morgan fingerprint density at radius 1 is 0.167 bits per heavy atom. The van der Waals surface area contributed by atoms with Crippen molar-refractivity contribution in [3.05, 3.63) is 393 Å². The Morgan fingerprint density at radius 3 is 0.842 bits per heavy atom. The maximum absolute atomic E-state index is 5.17. The summed E-state index contributed by atoms with van der Waals surface area (Å²) < 4.78 is 8.06. The van der Waals surface area contributed by atoms with Crippen molar-refractivity contribution in [2.75, 3.05) is 0 Å². The SMILES string of the molecule is c1cc(-c2ccc(-c3cc(-c4cc5ccc6c(ccc7ccsc76)c5s4)nc(-c4ccc(-c5ccncc5)cc4)n3)cc2)ccn1.c1ccc(-c2cc(-c3cc4ccc5c(ccc6ccsc65)c4s3)cc(-c3ccccc3)n2)cc1.c1ccc(-c2cc(-c3ccc(-c4cc5ccc6c(ccc7ccsc76)c5s4)cc3)nc(-c3ccccc3)n2)cc1. The van der Waals surface area contributed by atoms with E-state index in [0.717, 1.165) is 106 Å². The van der Waals surface area contributed by atoms with Gasteiger partial charge in [0.25, 0.3) is 0 Å². The van der Waals surface area contributed by atoms with Crippen LogP contribution in [0.4, 0.5) is 0 Å². The van der Waals surface area contributed by atoms with E-state index in [0.29, 0.717) is 5.82 Å². The number of thiophene rings is 6. The average molecular weight is 1640 g/mol. The van der Waals surface area contributed by atoms with Crippen LogP contribution in [0.15, 0.2) is 393 Å². The molecule has 0 saturated carbocycles. The molecular formula is C107H65N7S6. The Bertz CT molecular complexity index is 7710. The standard InChI is InChI=1S/C40H24N4S2.C36H22N2S2.C31H19NS2/c1-5-29(6-2-25(1)27-13-18-41-19-14-27)35-24-36(44-40(43-35)31-7-3-26(4-8-31)28-15-20-42-21-16-28)37-23-32-10-12-33-34(39(32)46-37)11-9-30-17-22-45-38(30)33;1-3-7-23(8-4-1)31-22-32(38-36(37-31)27-9-5-2-6-10-27)24-11-13-25(14-12-24)33-21-28-16-18-29-30(35(28)40-33)17-15-26-19-20-39-34(26)29;1-3-7-20(8-4-1)27-17-24(18-28(32-27)21-9-5-2-6-10-21)29-19-23-12-14-25-26(31(23)34-29)13-11-22-15-16-33-30(22)25/h1-24H;1-22H;1-19H. The Morgan fingerprint density at radius 2 is 0.442 bits per heavy atom. The Balaban J connectivity index is 0.000000109. The van der Waals surface area contributed by atoms with Crippen LogP contribution in [-0.2, 0) is 0 Å². The number of benzene rings is 13. The van der Waals surface area contributed by atoms with Crippen molar-refractivity contribution in [1.82, 2.24) is 34.9 Å². The Labute approximate surface area is 715 Å². The van der Waals surface area contributed by atoms with E-state index in [1.807, 2.05) is 143 Å². The first-order valence-corrected chi connectivity index (χ1v) is 44.6. The molecule has 24 aromatic rings. The molecule has 0 N–H and O–H groups in total. The third-order valence-corrected chi connectivity index (χ3v) is 28.7. The van der Waals surface area contributed by atoms with Gasteiger partial charge in [0.2, 0.25) is 0 Å². The predicted octanol–water partition coefficient (Wildman–Crippen LogP) is 31.6. The lowest BCUT2D eigenvalue weighted by molar-refractivity contribution is 1.18. The van der Waals surface area contributed by atoms with Crippen molar-refractivity contribution in [2.45, 2.75) is 0 Å². The van der Waals surface area contributed by atoms with Gasteiger partial charge in [0.15, 0.2) is 11.6 Å². The van der Waals surface area contributed by atoms with Gasteiger partial charge in [-0.2, -0.15) is 0 Å². The number of aromatic nitrogens is 7. The highest BCUT2D eigenvalue weighted by Crippen LogP contribution is 2.47. The van der Waals surface area contributed by atoms with Gasteiger partial charge < -0.3 is 0 Å². The zero-order chi connectivity index (χ0) is 79.4. The maximum Gasteiger partial charge on any atom is 0.160 e. The summed E-state index contributed by atoms with van der Waals surface area (Å²) in [6, 6.07) is 125. The molecule has 0 spiro atoms. The largest absolute Gasteiger partial charge is 0.265 e. The number of nitrogens with zero attached hydrogens (tertiary/aromatic N) is 7. The summed E-state index contributed by atoms with van der Waals surface area (Å²) in [4.78, 5) is 37.2. The molecular weight excluding hydrogens is 1580 g/mol. The number of hydrogen-bond acceptors (Lipinski definition) is 13. The Hall–Kier alpha value is -14.0. The second kappa shape index (κ2) is 31.5. The van der Waals surface area contributed by atoms with Gasteiger partial charge in [-0.25, -0.2) is 24.9 Å². The average Bonchev–Trinajstić information content (AvgIpc) is 1.61. The summed E-state index contributed by atoms with van der Waals surface area (Å²) in [7, 11) is 0. The van der Waals surface area contributed by atoms with Gasteiger partial charge >= 0.3 is 0 Å². The smallest absolute Gasteiger partial charge is 0.160 e. The molecule has 0 aliphatic heterocycles. The maximum atomic E-state index is 5.17. The molecule has 0 atom stereocenters. The topological polar surface area (TPSA) is 90.2 Å². The number of fused-ring (bicyclic) bond motifs is 15. The van der Waals surface area contributed by atoms with E-state index in [1.54, 1.807) is 22.7 Å². The van der Waals surface area contributed by atoms with Crippen LogP contribution in [0.25, 0.3) is 226 Å². The fourth-order valence-corrected chi connectivity index (χ4v) is 22.3. The van der Waals surface area contributed by atoms with Crippen LogP contribution in [0.1, 0.15) is 0 Å². The van der Waals surface area contributed by atoms with Crippen molar-refractivity contribution >= 4 is 161 Å². The predicted molar refractivity (Wildman–Crippen MR) is 514 cm³/mol. The van der Waals surface area contributed by atoms with E-state index in [1.165, 1.54) is 114 Å². The monoisotopic (exact) mass is 1640 g/mol. The second-order valence-corrected chi connectivity index (χ2v) is 35.4. The van der Waals surface area contributed by atoms with Gasteiger partial charge in [-0.05, 0) is 167 Å². The van der Waals surface area contributed by atoms with E-state index in [4.69, 9.17) is 24.9 Å². The van der Waals surface area contributed by atoms with Gasteiger partial charge in [-0.3, -0.25) is 9.97 Å². The van der Waals surface area contributed by atoms with Gasteiger partial charge in [-0.1, -0.05) is 267 Å². The number of hydrogen-bond donors (Lipinski definition) is 0. The molecule has 11 aromatic heterocycles. The van der Waals surface area contributed by atoms with Crippen molar-refractivity contribution in [3.63, 3.8) is 0 Å². The molecule has 24 rings (SSSR count). The van der Waals surface area contributed by atoms with Crippen LogP contribution in [0.3, 0.4) is 0 Å². The second-order valence-electron chi connectivity index (χ2n) is 29.5. The molecule has 0 fully saturated rings. The highest BCUT2D eigenvalue weighted by molar-refractivity contribution is 7.24. The lowest BCUT2D eigenvalue weighted by atomic mass is 10.0. The highest BCUT2D eigenvalue weighted by Gasteiger charge is 2.20. The molecule has 13 aromatic carbocycles. The molecule has 0 saturated heterocycles. The first-order chi connectivity index (χ1) is 59.4. The van der Waals surface area contributed by atoms with E-state index in [2.05, 4.69) is 305 Å². The Kier molecular flexibility index (Phi) is 19.0. The third-order valence-electron chi connectivity index (χ3n) is 22.2. The van der Waals surface area contributed by atoms with E-state index < -0.39 is 0 Å². The molecule has 7 nitrogen and oxygen atoms in total. The highest BCUT2D eigenvalue weighted by atomic mass is 32.1. The fraction of sp³-hybridized carbons (Fsp3) is 0. The molecule has 0 aliphatic carbocycles. The minimum atomic E-state index is 0.703. The van der Waals surface area contributed by atoms with E-state index in [-0.39, 0.29) is 0 Å². The molecule has 0 aliphatic rings. The van der Waals surface area contributed by atoms with Gasteiger partial charge in [0.1, 0.15) is 0 Å². The minimum Gasteiger partial charge on any atom is -0.265 e. The summed E-state index contributed by atoms with van der Waals surface area (Å²) in [5.41, 5.74) is 20.1. The first kappa shape index (κ1) is 72.5. The summed E-state index contributed by atoms with van der Waals surface area (Å²) in [6.07, 6.45) is 7.28. The molecule has 0 bridgehead atoms. The molecule has 0 radical (unpaired) electrons. The van der Waals surface area contributed by atoms with E-state index in [9.17, 15) is 0 Å². The van der Waals surface area contributed by atoms with Crippen LogP contribution in [-0.4, -0.2) is 34.9 Å². The summed E-state index contributed by atoms with van der Waals surface area (Å²) in [5.74, 6) is 1.44. The lowest BCUT2D eigenvalue weighted by Gasteiger charge is -2.10. The molecule has 11 heterocycles. The van der Waals surface area contributed by atoms with Crippen molar-refractivity contribution in [2.24, 2.45) is 0 Å². The van der Waals surface area contributed by atoms with Crippen LogP contribution < -0.4 is 0 Å². The molecule has 564 valence electrons. The fourth-order valence-electron chi connectivity index (χ4n) is 16.0. The zero-order valence-electron chi connectivity index (χ0n) is 64.1. The number of rotatable bonds is 12. The zero-order valence-corrected chi connectivity index (χ0v) is 69.0. The van der Waals surface area contributed by atoms with Crippen molar-refractivity contribution in [1.29, 1.82) is 0 Å². The van der Waals surface area contributed by atoms with Gasteiger partial charge in [-0.15, -0.1) is 68.0 Å². The third kappa shape index (κ3) is 14.1. The summed E-state index contributed by atoms with van der Waals surface area (Å²) in [5, 5.41) is 22.2. The molecule has 120 heavy (non-hydrogen) atoms.